The summed E-state index contributed by atoms with van der Waals surface area (Å²) in [4.78, 5) is 4.35. The molecule has 0 saturated carbocycles. The fraction of sp³-hybridized carbons (Fsp3) is 0.357. The largest absolute Gasteiger partial charge is 0.399 e. The summed E-state index contributed by atoms with van der Waals surface area (Å²) in [6, 6.07) is 7.46. The van der Waals surface area contributed by atoms with E-state index in [1.54, 1.807) is 0 Å². The third kappa shape index (κ3) is 2.91. The van der Waals surface area contributed by atoms with Gasteiger partial charge in [-0.25, -0.2) is 4.98 Å². The molecule has 0 aliphatic carbocycles. The molecule has 1 heterocycles. The maximum absolute atomic E-state index is 9.48. The van der Waals surface area contributed by atoms with Gasteiger partial charge in [-0.2, -0.15) is 0 Å². The van der Waals surface area contributed by atoms with Crippen LogP contribution in [0.25, 0.3) is 5.69 Å². The first-order valence-corrected chi connectivity index (χ1v) is 6.78. The van der Waals surface area contributed by atoms with Crippen LogP contribution in [0.1, 0.15) is 31.3 Å². The molecule has 0 aliphatic heterocycles. The first-order valence-electron chi connectivity index (χ1n) is 6.40. The lowest BCUT2D eigenvalue weighted by molar-refractivity contribution is 0.274. The summed E-state index contributed by atoms with van der Waals surface area (Å²) in [5.74, 6) is 0.876. The number of aliphatic hydroxyl groups is 1. The molecule has 0 aliphatic rings. The second-order valence-electron chi connectivity index (χ2n) is 4.45. The number of aromatic nitrogens is 2. The molecule has 1 aromatic carbocycles. The number of nitrogens with zero attached hydrogens (tertiary/aromatic N) is 2. The van der Waals surface area contributed by atoms with E-state index in [1.807, 2.05) is 28.8 Å². The first-order chi connectivity index (χ1) is 9.17. The van der Waals surface area contributed by atoms with Crippen LogP contribution in [0.15, 0.2) is 24.3 Å². The molecule has 0 saturated heterocycles. The molecule has 0 unspecified atom stereocenters. The predicted octanol–water partition coefficient (Wildman–Crippen LogP) is 2.94. The number of nitrogens with two attached hydrogens (primary N) is 1. The molecule has 102 valence electrons. The van der Waals surface area contributed by atoms with Gasteiger partial charge in [0.15, 0.2) is 5.15 Å². The average molecular weight is 280 g/mol. The van der Waals surface area contributed by atoms with Gasteiger partial charge in [-0.15, -0.1) is 0 Å². The molecule has 0 fully saturated rings. The molecule has 0 radical (unpaired) electrons. The van der Waals surface area contributed by atoms with Gasteiger partial charge in [-0.05, 0) is 30.7 Å². The predicted molar refractivity (Wildman–Crippen MR) is 77.5 cm³/mol. The zero-order valence-corrected chi connectivity index (χ0v) is 11.7. The van der Waals surface area contributed by atoms with Gasteiger partial charge in [0.05, 0.1) is 12.3 Å². The minimum absolute atomic E-state index is 0.137. The molecule has 1 aromatic heterocycles. The number of unbranched alkanes of at least 4 members (excludes halogenated alkanes) is 1. The Morgan fingerprint density at radius 2 is 2.00 bits per heavy atom. The van der Waals surface area contributed by atoms with Crippen molar-refractivity contribution in [1.29, 1.82) is 0 Å². The second kappa shape index (κ2) is 6.08. The van der Waals surface area contributed by atoms with Crippen molar-refractivity contribution >= 4 is 17.3 Å². The summed E-state index contributed by atoms with van der Waals surface area (Å²) < 4.78 is 1.91. The zero-order chi connectivity index (χ0) is 13.8. The molecule has 0 spiro atoms. The van der Waals surface area contributed by atoms with E-state index in [4.69, 9.17) is 17.3 Å². The molecule has 19 heavy (non-hydrogen) atoms. The quantitative estimate of drug-likeness (QED) is 0.827. The van der Waals surface area contributed by atoms with Gasteiger partial charge in [0.2, 0.25) is 0 Å². The van der Waals surface area contributed by atoms with Crippen molar-refractivity contribution < 1.29 is 5.11 Å². The Balaban J connectivity index is 2.48. The Morgan fingerprint density at radius 1 is 1.32 bits per heavy atom. The summed E-state index contributed by atoms with van der Waals surface area (Å²) in [5, 5.41) is 9.85. The highest BCUT2D eigenvalue weighted by Gasteiger charge is 2.16. The molecular formula is C14H18ClN3O. The van der Waals surface area contributed by atoms with Crippen LogP contribution in [0.3, 0.4) is 0 Å². The molecule has 5 heteroatoms. The van der Waals surface area contributed by atoms with E-state index in [0.29, 0.717) is 16.5 Å². The average Bonchev–Trinajstić information content (AvgIpc) is 2.73. The minimum Gasteiger partial charge on any atom is -0.399 e. The van der Waals surface area contributed by atoms with E-state index in [0.717, 1.165) is 30.8 Å². The van der Waals surface area contributed by atoms with Gasteiger partial charge >= 0.3 is 0 Å². The summed E-state index contributed by atoms with van der Waals surface area (Å²) in [6.45, 7) is 1.99. The van der Waals surface area contributed by atoms with Gasteiger partial charge in [0.25, 0.3) is 0 Å². The molecule has 0 bridgehead atoms. The van der Waals surface area contributed by atoms with Crippen LogP contribution in [-0.4, -0.2) is 14.7 Å². The fourth-order valence-electron chi connectivity index (χ4n) is 2.04. The Bertz CT molecular complexity index is 549. The highest BCUT2D eigenvalue weighted by molar-refractivity contribution is 6.30. The van der Waals surface area contributed by atoms with Gasteiger partial charge in [-0.1, -0.05) is 24.9 Å². The first kappa shape index (κ1) is 13.9. The number of rotatable bonds is 5. The van der Waals surface area contributed by atoms with Gasteiger partial charge < -0.3 is 10.8 Å². The molecule has 4 nitrogen and oxygen atoms in total. The summed E-state index contributed by atoms with van der Waals surface area (Å²) in [6.07, 6.45) is 2.95. The second-order valence-corrected chi connectivity index (χ2v) is 4.81. The standard InChI is InChI=1S/C14H18ClN3O/c1-2-3-4-13-17-14(15)12(9-19)18(13)11-7-5-10(16)6-8-11/h5-8,19H,2-4,9,16H2,1H3. The van der Waals surface area contributed by atoms with Gasteiger partial charge in [0, 0.05) is 17.8 Å². The van der Waals surface area contributed by atoms with E-state index in [-0.39, 0.29) is 6.61 Å². The minimum atomic E-state index is -0.137. The van der Waals surface area contributed by atoms with Crippen LogP contribution in [-0.2, 0) is 13.0 Å². The van der Waals surface area contributed by atoms with Crippen molar-refractivity contribution in [3.63, 3.8) is 0 Å². The van der Waals surface area contributed by atoms with Crippen molar-refractivity contribution in [3.8, 4) is 5.69 Å². The van der Waals surface area contributed by atoms with Crippen molar-refractivity contribution in [1.82, 2.24) is 9.55 Å². The highest BCUT2D eigenvalue weighted by atomic mass is 35.5. The number of anilines is 1. The summed E-state index contributed by atoms with van der Waals surface area (Å²) >= 11 is 6.09. The number of aliphatic hydroxyl groups excluding tert-OH is 1. The molecule has 3 N–H and O–H groups in total. The molecule has 0 amide bonds. The van der Waals surface area contributed by atoms with Crippen LogP contribution < -0.4 is 5.73 Å². The molecular weight excluding hydrogens is 262 g/mol. The van der Waals surface area contributed by atoms with Crippen molar-refractivity contribution in [2.24, 2.45) is 0 Å². The lowest BCUT2D eigenvalue weighted by Gasteiger charge is -2.11. The SMILES string of the molecule is CCCCc1nc(Cl)c(CO)n1-c1ccc(N)cc1. The Labute approximate surface area is 117 Å². The van der Waals surface area contributed by atoms with Gasteiger partial charge in [-0.3, -0.25) is 4.57 Å². The number of aryl methyl sites for hydroxylation is 1. The lowest BCUT2D eigenvalue weighted by Crippen LogP contribution is -2.05. The number of imidazole rings is 1. The fourth-order valence-corrected chi connectivity index (χ4v) is 2.28. The van der Waals surface area contributed by atoms with Crippen molar-refractivity contribution in [3.05, 3.63) is 40.9 Å². The number of halogens is 1. The van der Waals surface area contributed by atoms with E-state index < -0.39 is 0 Å². The lowest BCUT2D eigenvalue weighted by atomic mass is 10.2. The van der Waals surface area contributed by atoms with Crippen LogP contribution in [0, 0.1) is 0 Å². The summed E-state index contributed by atoms with van der Waals surface area (Å²) in [7, 11) is 0. The van der Waals surface area contributed by atoms with E-state index in [1.165, 1.54) is 0 Å². The third-order valence-corrected chi connectivity index (χ3v) is 3.35. The maximum atomic E-state index is 9.48. The Kier molecular flexibility index (Phi) is 4.45. The third-order valence-electron chi connectivity index (χ3n) is 3.05. The summed E-state index contributed by atoms with van der Waals surface area (Å²) in [5.41, 5.74) is 7.95. The van der Waals surface area contributed by atoms with Crippen LogP contribution in [0.5, 0.6) is 0 Å². The Hall–Kier alpha value is -1.52. The number of benzene rings is 1. The monoisotopic (exact) mass is 279 g/mol. The van der Waals surface area contributed by atoms with Crippen LogP contribution in [0.2, 0.25) is 5.15 Å². The smallest absolute Gasteiger partial charge is 0.153 e. The topological polar surface area (TPSA) is 64.1 Å². The highest BCUT2D eigenvalue weighted by Crippen LogP contribution is 2.24. The maximum Gasteiger partial charge on any atom is 0.153 e. The van der Waals surface area contributed by atoms with Crippen LogP contribution >= 0.6 is 11.6 Å². The molecule has 2 rings (SSSR count). The number of hydrogen-bond acceptors (Lipinski definition) is 3. The number of nitrogen functional groups attached to an aromatic ring is 1. The molecule has 2 aromatic rings. The molecule has 0 atom stereocenters. The van der Waals surface area contributed by atoms with E-state index in [9.17, 15) is 5.11 Å². The van der Waals surface area contributed by atoms with E-state index >= 15 is 0 Å². The van der Waals surface area contributed by atoms with Crippen molar-refractivity contribution in [2.45, 2.75) is 32.8 Å². The Morgan fingerprint density at radius 3 is 2.58 bits per heavy atom. The van der Waals surface area contributed by atoms with Crippen molar-refractivity contribution in [2.75, 3.05) is 5.73 Å². The van der Waals surface area contributed by atoms with Gasteiger partial charge in [0.1, 0.15) is 5.82 Å². The zero-order valence-electron chi connectivity index (χ0n) is 10.9. The van der Waals surface area contributed by atoms with Crippen LogP contribution in [0.4, 0.5) is 5.69 Å². The normalized spacial score (nSPS) is 10.9. The number of hydrogen-bond donors (Lipinski definition) is 2. The van der Waals surface area contributed by atoms with E-state index in [2.05, 4.69) is 11.9 Å².